The van der Waals surface area contributed by atoms with E-state index in [-0.39, 0.29) is 11.9 Å². The van der Waals surface area contributed by atoms with E-state index in [4.69, 9.17) is 11.6 Å². The maximum absolute atomic E-state index is 12.2. The van der Waals surface area contributed by atoms with Gasteiger partial charge in [0.25, 0.3) is 0 Å². The van der Waals surface area contributed by atoms with Gasteiger partial charge in [-0.3, -0.25) is 4.79 Å². The maximum Gasteiger partial charge on any atom is 0.230 e. The van der Waals surface area contributed by atoms with Crippen LogP contribution in [0.25, 0.3) is 0 Å². The van der Waals surface area contributed by atoms with Crippen molar-refractivity contribution in [2.75, 3.05) is 5.75 Å². The molecular formula is C20H24ClNOS. The number of nitrogens with one attached hydrogen (secondary N) is 1. The van der Waals surface area contributed by atoms with Gasteiger partial charge in [-0.1, -0.05) is 48.9 Å². The molecule has 4 heteroatoms. The van der Waals surface area contributed by atoms with E-state index in [0.717, 1.165) is 17.2 Å². The molecule has 0 aliphatic carbocycles. The zero-order valence-corrected chi connectivity index (χ0v) is 16.0. The summed E-state index contributed by atoms with van der Waals surface area (Å²) in [7, 11) is 0. The van der Waals surface area contributed by atoms with Crippen LogP contribution in [0.2, 0.25) is 5.02 Å². The monoisotopic (exact) mass is 361 g/mol. The molecule has 1 amide bonds. The lowest BCUT2D eigenvalue weighted by Gasteiger charge is -2.18. The van der Waals surface area contributed by atoms with Crippen molar-refractivity contribution < 1.29 is 4.79 Å². The third kappa shape index (κ3) is 5.57. The highest BCUT2D eigenvalue weighted by Crippen LogP contribution is 2.20. The number of aryl methyl sites for hydroxylation is 2. The molecule has 0 radical (unpaired) electrons. The van der Waals surface area contributed by atoms with Gasteiger partial charge < -0.3 is 5.32 Å². The van der Waals surface area contributed by atoms with Gasteiger partial charge in [-0.25, -0.2) is 0 Å². The summed E-state index contributed by atoms with van der Waals surface area (Å²) in [5.74, 6) is 1.36. The van der Waals surface area contributed by atoms with Gasteiger partial charge in [0.2, 0.25) is 5.91 Å². The lowest BCUT2D eigenvalue weighted by atomic mass is 9.99. The van der Waals surface area contributed by atoms with E-state index in [1.807, 2.05) is 24.3 Å². The summed E-state index contributed by atoms with van der Waals surface area (Å²) in [6, 6.07) is 14.2. The maximum atomic E-state index is 12.2. The van der Waals surface area contributed by atoms with Gasteiger partial charge in [-0.05, 0) is 54.7 Å². The summed E-state index contributed by atoms with van der Waals surface area (Å²) in [5.41, 5.74) is 4.89. The van der Waals surface area contributed by atoms with Gasteiger partial charge in [-0.15, -0.1) is 11.8 Å². The van der Waals surface area contributed by atoms with Gasteiger partial charge >= 0.3 is 0 Å². The number of benzene rings is 2. The summed E-state index contributed by atoms with van der Waals surface area (Å²) in [5, 5.41) is 3.88. The first-order valence-corrected chi connectivity index (χ1v) is 9.71. The minimum Gasteiger partial charge on any atom is -0.349 e. The van der Waals surface area contributed by atoms with E-state index < -0.39 is 0 Å². The lowest BCUT2D eigenvalue weighted by Crippen LogP contribution is -2.29. The van der Waals surface area contributed by atoms with Crippen LogP contribution in [0, 0.1) is 13.8 Å². The summed E-state index contributed by atoms with van der Waals surface area (Å²) in [4.78, 5) is 12.2. The third-order valence-electron chi connectivity index (χ3n) is 4.09. The minimum atomic E-state index is 0.0768. The SMILES string of the molecule is CC[C@H](NC(=O)CSCc1ccc(Cl)cc1)c1ccc(C)c(C)c1. The summed E-state index contributed by atoms with van der Waals surface area (Å²) in [6.07, 6.45) is 0.885. The van der Waals surface area contributed by atoms with Crippen molar-refractivity contribution in [3.8, 4) is 0 Å². The molecule has 1 atom stereocenters. The number of hydrogen-bond donors (Lipinski definition) is 1. The van der Waals surface area contributed by atoms with Gasteiger partial charge in [0.1, 0.15) is 0 Å². The molecule has 0 saturated heterocycles. The predicted octanol–water partition coefficient (Wildman–Crippen LogP) is 5.46. The zero-order valence-electron chi connectivity index (χ0n) is 14.4. The van der Waals surface area contributed by atoms with Crippen LogP contribution in [-0.4, -0.2) is 11.7 Å². The fourth-order valence-electron chi connectivity index (χ4n) is 2.48. The molecule has 0 aliphatic heterocycles. The highest BCUT2D eigenvalue weighted by Gasteiger charge is 2.13. The first-order chi connectivity index (χ1) is 11.5. The van der Waals surface area contributed by atoms with Crippen LogP contribution in [0.5, 0.6) is 0 Å². The number of hydrogen-bond acceptors (Lipinski definition) is 2. The lowest BCUT2D eigenvalue weighted by molar-refractivity contribution is -0.119. The number of amides is 1. The average molecular weight is 362 g/mol. The van der Waals surface area contributed by atoms with E-state index in [1.165, 1.54) is 22.3 Å². The Morgan fingerprint density at radius 3 is 2.46 bits per heavy atom. The van der Waals surface area contributed by atoms with Crippen LogP contribution in [0.1, 0.15) is 41.6 Å². The van der Waals surface area contributed by atoms with Crippen LogP contribution in [0.4, 0.5) is 0 Å². The number of carbonyl (C=O) groups excluding carboxylic acids is 1. The molecule has 0 spiro atoms. The van der Waals surface area contributed by atoms with Crippen LogP contribution in [0.3, 0.4) is 0 Å². The van der Waals surface area contributed by atoms with Crippen LogP contribution in [-0.2, 0) is 10.5 Å². The second kappa shape index (κ2) is 9.14. The smallest absolute Gasteiger partial charge is 0.230 e. The highest BCUT2D eigenvalue weighted by atomic mass is 35.5. The Morgan fingerprint density at radius 1 is 1.12 bits per heavy atom. The van der Waals surface area contributed by atoms with Crippen molar-refractivity contribution in [2.45, 2.75) is 39.0 Å². The molecule has 1 N–H and O–H groups in total. The zero-order chi connectivity index (χ0) is 17.5. The molecule has 2 nitrogen and oxygen atoms in total. The van der Waals surface area contributed by atoms with Crippen molar-refractivity contribution in [1.82, 2.24) is 5.32 Å². The Morgan fingerprint density at radius 2 is 1.83 bits per heavy atom. The van der Waals surface area contributed by atoms with Crippen molar-refractivity contribution in [3.05, 3.63) is 69.7 Å². The second-order valence-corrected chi connectivity index (χ2v) is 7.41. The Balaban J connectivity index is 1.85. The normalized spacial score (nSPS) is 12.0. The topological polar surface area (TPSA) is 29.1 Å². The summed E-state index contributed by atoms with van der Waals surface area (Å²) >= 11 is 7.50. The summed E-state index contributed by atoms with van der Waals surface area (Å²) in [6.45, 7) is 6.31. The van der Waals surface area contributed by atoms with E-state index in [2.05, 4.69) is 44.3 Å². The first kappa shape index (κ1) is 18.9. The molecule has 2 aromatic carbocycles. The van der Waals surface area contributed by atoms with Crippen molar-refractivity contribution in [1.29, 1.82) is 0 Å². The van der Waals surface area contributed by atoms with Gasteiger partial charge in [0.05, 0.1) is 11.8 Å². The molecule has 0 heterocycles. The average Bonchev–Trinajstić information content (AvgIpc) is 2.57. The number of carbonyl (C=O) groups is 1. The Bertz CT molecular complexity index is 685. The summed E-state index contributed by atoms with van der Waals surface area (Å²) < 4.78 is 0. The molecular weight excluding hydrogens is 338 g/mol. The first-order valence-electron chi connectivity index (χ1n) is 8.18. The minimum absolute atomic E-state index is 0.0768. The molecule has 2 rings (SSSR count). The second-order valence-electron chi connectivity index (χ2n) is 5.99. The third-order valence-corrected chi connectivity index (χ3v) is 5.35. The molecule has 128 valence electrons. The predicted molar refractivity (Wildman–Crippen MR) is 105 cm³/mol. The van der Waals surface area contributed by atoms with Gasteiger partial charge in [0.15, 0.2) is 0 Å². The Labute approximate surface area is 154 Å². The molecule has 0 saturated carbocycles. The van der Waals surface area contributed by atoms with Crippen molar-refractivity contribution in [2.24, 2.45) is 0 Å². The van der Waals surface area contributed by atoms with E-state index in [1.54, 1.807) is 11.8 Å². The van der Waals surface area contributed by atoms with Crippen LogP contribution < -0.4 is 5.32 Å². The highest BCUT2D eigenvalue weighted by molar-refractivity contribution is 7.99. The Kier molecular flexibility index (Phi) is 7.19. The van der Waals surface area contributed by atoms with E-state index >= 15 is 0 Å². The fraction of sp³-hybridized carbons (Fsp3) is 0.350. The number of halogens is 1. The molecule has 0 fully saturated rings. The fourth-order valence-corrected chi connectivity index (χ4v) is 3.41. The molecule has 0 aromatic heterocycles. The van der Waals surface area contributed by atoms with Crippen molar-refractivity contribution >= 4 is 29.3 Å². The quantitative estimate of drug-likeness (QED) is 0.709. The molecule has 2 aromatic rings. The number of thioether (sulfide) groups is 1. The van der Waals surface area contributed by atoms with E-state index in [9.17, 15) is 4.79 Å². The van der Waals surface area contributed by atoms with Crippen LogP contribution >= 0.6 is 23.4 Å². The molecule has 24 heavy (non-hydrogen) atoms. The van der Waals surface area contributed by atoms with Gasteiger partial charge in [-0.2, -0.15) is 0 Å². The van der Waals surface area contributed by atoms with Crippen molar-refractivity contribution in [3.63, 3.8) is 0 Å². The van der Waals surface area contributed by atoms with E-state index in [0.29, 0.717) is 5.75 Å². The largest absolute Gasteiger partial charge is 0.349 e. The van der Waals surface area contributed by atoms with Gasteiger partial charge in [0, 0.05) is 10.8 Å². The van der Waals surface area contributed by atoms with Crippen LogP contribution in [0.15, 0.2) is 42.5 Å². The molecule has 0 unspecified atom stereocenters. The number of rotatable bonds is 7. The Hall–Kier alpha value is -1.45. The standard InChI is InChI=1S/C20H24ClNOS/c1-4-19(17-8-5-14(2)15(3)11-17)22-20(23)13-24-12-16-6-9-18(21)10-7-16/h5-11,19H,4,12-13H2,1-3H3,(H,22,23)/t19-/m0/s1. The molecule has 0 aliphatic rings. The molecule has 0 bridgehead atoms.